The van der Waals surface area contributed by atoms with Gasteiger partial charge >= 0.3 is 0 Å². The van der Waals surface area contributed by atoms with Crippen molar-refractivity contribution in [3.8, 4) is 0 Å². The lowest BCUT2D eigenvalue weighted by atomic mass is 10.1. The molecule has 0 bridgehead atoms. The van der Waals surface area contributed by atoms with Crippen LogP contribution in [0.2, 0.25) is 0 Å². The average molecular weight is 170 g/mol. The Morgan fingerprint density at radius 1 is 1.17 bits per heavy atom. The van der Waals surface area contributed by atoms with Gasteiger partial charge in [-0.15, -0.1) is 0 Å². The highest BCUT2D eigenvalue weighted by Gasteiger charge is 2.25. The van der Waals surface area contributed by atoms with Crippen molar-refractivity contribution >= 4 is 0 Å². The summed E-state index contributed by atoms with van der Waals surface area (Å²) in [4.78, 5) is 5.06. The Morgan fingerprint density at radius 2 is 1.67 bits per heavy atom. The zero-order valence-corrected chi connectivity index (χ0v) is 8.88. The molecule has 0 amide bonds. The maximum absolute atomic E-state index is 2.58. The van der Waals surface area contributed by atoms with Crippen LogP contribution in [0.25, 0.3) is 0 Å². The van der Waals surface area contributed by atoms with Crippen LogP contribution in [0.5, 0.6) is 0 Å². The van der Waals surface area contributed by atoms with Crippen LogP contribution in [0.1, 0.15) is 27.2 Å². The average Bonchev–Trinajstić information content (AvgIpc) is 2.01. The third-order valence-electron chi connectivity index (χ3n) is 2.98. The van der Waals surface area contributed by atoms with Gasteiger partial charge in [0.1, 0.15) is 0 Å². The largest absolute Gasteiger partial charge is 0.300 e. The van der Waals surface area contributed by atoms with Crippen molar-refractivity contribution in [2.24, 2.45) is 0 Å². The minimum atomic E-state index is 0.722. The van der Waals surface area contributed by atoms with Gasteiger partial charge < -0.3 is 4.90 Å². The molecule has 2 atom stereocenters. The number of nitrogens with zero attached hydrogens (tertiary/aromatic N) is 2. The van der Waals surface area contributed by atoms with E-state index in [2.05, 4.69) is 37.6 Å². The van der Waals surface area contributed by atoms with E-state index in [-0.39, 0.29) is 0 Å². The number of rotatable bonds is 2. The first-order valence-electron chi connectivity index (χ1n) is 5.09. The summed E-state index contributed by atoms with van der Waals surface area (Å²) in [7, 11) is 2.23. The number of hydrogen-bond donors (Lipinski definition) is 0. The first-order chi connectivity index (χ1) is 5.65. The van der Waals surface area contributed by atoms with Gasteiger partial charge in [-0.2, -0.15) is 0 Å². The molecule has 0 saturated carbocycles. The molecule has 0 spiro atoms. The molecule has 2 nitrogen and oxygen atoms in total. The lowest BCUT2D eigenvalue weighted by molar-refractivity contribution is 0.0603. The van der Waals surface area contributed by atoms with Gasteiger partial charge in [-0.1, -0.05) is 6.92 Å². The molecule has 2 heteroatoms. The number of piperazine rings is 1. The molecule has 1 aliphatic rings. The van der Waals surface area contributed by atoms with E-state index in [0.717, 1.165) is 12.1 Å². The normalized spacial score (nSPS) is 34.0. The van der Waals surface area contributed by atoms with Gasteiger partial charge in [-0.3, -0.25) is 4.90 Å². The summed E-state index contributed by atoms with van der Waals surface area (Å²) in [6.45, 7) is 10.6. The van der Waals surface area contributed by atoms with Gasteiger partial charge in [-0.25, -0.2) is 0 Å². The van der Waals surface area contributed by atoms with Crippen LogP contribution >= 0.6 is 0 Å². The predicted molar refractivity (Wildman–Crippen MR) is 53.4 cm³/mol. The highest BCUT2D eigenvalue weighted by Crippen LogP contribution is 2.12. The fourth-order valence-corrected chi connectivity index (χ4v) is 2.01. The van der Waals surface area contributed by atoms with Gasteiger partial charge in [0, 0.05) is 25.2 Å². The van der Waals surface area contributed by atoms with Crippen LogP contribution in [0, 0.1) is 0 Å². The van der Waals surface area contributed by atoms with E-state index in [4.69, 9.17) is 0 Å². The summed E-state index contributed by atoms with van der Waals surface area (Å²) in [5, 5.41) is 0. The SMILES string of the molecule is CCCN1CC(C)N(C)C(C)C1. The molecular weight excluding hydrogens is 148 g/mol. The lowest BCUT2D eigenvalue weighted by Crippen LogP contribution is -2.54. The predicted octanol–water partition coefficient (Wildman–Crippen LogP) is 1.42. The molecular formula is C10H22N2. The van der Waals surface area contributed by atoms with Crippen molar-refractivity contribution in [2.45, 2.75) is 39.3 Å². The summed E-state index contributed by atoms with van der Waals surface area (Å²) >= 11 is 0. The molecule has 1 saturated heterocycles. The van der Waals surface area contributed by atoms with Gasteiger partial charge in [0.25, 0.3) is 0 Å². The van der Waals surface area contributed by atoms with E-state index < -0.39 is 0 Å². The summed E-state index contributed by atoms with van der Waals surface area (Å²) < 4.78 is 0. The molecule has 0 aromatic rings. The van der Waals surface area contributed by atoms with Crippen molar-refractivity contribution in [1.82, 2.24) is 9.80 Å². The van der Waals surface area contributed by atoms with E-state index in [1.54, 1.807) is 0 Å². The van der Waals surface area contributed by atoms with E-state index in [0.29, 0.717) is 0 Å². The Bertz CT molecular complexity index is 124. The standard InChI is InChI=1S/C10H22N2/c1-5-6-12-7-9(2)11(4)10(3)8-12/h9-10H,5-8H2,1-4H3. The number of hydrogen-bond acceptors (Lipinski definition) is 2. The molecule has 0 aromatic carbocycles. The fraction of sp³-hybridized carbons (Fsp3) is 1.00. The van der Waals surface area contributed by atoms with Gasteiger partial charge in [0.15, 0.2) is 0 Å². The maximum Gasteiger partial charge on any atom is 0.0195 e. The summed E-state index contributed by atoms with van der Waals surface area (Å²) in [5.74, 6) is 0. The van der Waals surface area contributed by atoms with Crippen molar-refractivity contribution in [3.63, 3.8) is 0 Å². The molecule has 0 aliphatic carbocycles. The topological polar surface area (TPSA) is 6.48 Å². The van der Waals surface area contributed by atoms with Crippen LogP contribution in [-0.2, 0) is 0 Å². The quantitative estimate of drug-likeness (QED) is 0.618. The van der Waals surface area contributed by atoms with Crippen molar-refractivity contribution < 1.29 is 0 Å². The molecule has 1 aliphatic heterocycles. The molecule has 0 radical (unpaired) electrons. The van der Waals surface area contributed by atoms with Crippen LogP contribution in [0.4, 0.5) is 0 Å². The molecule has 1 heterocycles. The number of likely N-dealkylation sites (N-methyl/N-ethyl adjacent to an activating group) is 1. The lowest BCUT2D eigenvalue weighted by Gasteiger charge is -2.42. The minimum absolute atomic E-state index is 0.722. The van der Waals surface area contributed by atoms with E-state index in [1.807, 2.05) is 0 Å². The second-order valence-corrected chi connectivity index (χ2v) is 4.12. The first kappa shape index (κ1) is 10.0. The highest BCUT2D eigenvalue weighted by molar-refractivity contribution is 4.82. The molecule has 12 heavy (non-hydrogen) atoms. The van der Waals surface area contributed by atoms with Gasteiger partial charge in [0.2, 0.25) is 0 Å². The molecule has 0 aromatic heterocycles. The smallest absolute Gasteiger partial charge is 0.0195 e. The van der Waals surface area contributed by atoms with E-state index >= 15 is 0 Å². The summed E-state index contributed by atoms with van der Waals surface area (Å²) in [6.07, 6.45) is 1.28. The first-order valence-corrected chi connectivity index (χ1v) is 5.09. The molecule has 1 fully saturated rings. The Labute approximate surface area is 76.5 Å². The highest BCUT2D eigenvalue weighted by atomic mass is 15.3. The molecule has 1 rings (SSSR count). The minimum Gasteiger partial charge on any atom is -0.300 e. The third kappa shape index (κ3) is 2.20. The van der Waals surface area contributed by atoms with Crippen LogP contribution < -0.4 is 0 Å². The Morgan fingerprint density at radius 3 is 2.08 bits per heavy atom. The molecule has 2 unspecified atom stereocenters. The van der Waals surface area contributed by atoms with Crippen molar-refractivity contribution in [1.29, 1.82) is 0 Å². The second-order valence-electron chi connectivity index (χ2n) is 4.12. The Hall–Kier alpha value is -0.0800. The van der Waals surface area contributed by atoms with E-state index in [1.165, 1.54) is 26.1 Å². The Kier molecular flexibility index (Phi) is 3.53. The van der Waals surface area contributed by atoms with Crippen LogP contribution in [0.3, 0.4) is 0 Å². The van der Waals surface area contributed by atoms with Crippen molar-refractivity contribution in [3.05, 3.63) is 0 Å². The molecule has 72 valence electrons. The molecule has 0 N–H and O–H groups in total. The van der Waals surface area contributed by atoms with Gasteiger partial charge in [0.05, 0.1) is 0 Å². The van der Waals surface area contributed by atoms with E-state index in [9.17, 15) is 0 Å². The van der Waals surface area contributed by atoms with Gasteiger partial charge in [-0.05, 0) is 33.9 Å². The zero-order valence-electron chi connectivity index (χ0n) is 8.88. The van der Waals surface area contributed by atoms with Crippen molar-refractivity contribution in [2.75, 3.05) is 26.7 Å². The monoisotopic (exact) mass is 170 g/mol. The van der Waals surface area contributed by atoms with Crippen LogP contribution in [-0.4, -0.2) is 48.6 Å². The summed E-state index contributed by atoms with van der Waals surface area (Å²) in [6, 6.07) is 1.44. The van der Waals surface area contributed by atoms with Crippen LogP contribution in [0.15, 0.2) is 0 Å². The third-order valence-corrected chi connectivity index (χ3v) is 2.98. The zero-order chi connectivity index (χ0) is 9.14. The maximum atomic E-state index is 2.58. The second kappa shape index (κ2) is 4.24. The fourth-order valence-electron chi connectivity index (χ4n) is 2.01. The summed E-state index contributed by atoms with van der Waals surface area (Å²) in [5.41, 5.74) is 0. The Balaban J connectivity index is 2.42.